The second kappa shape index (κ2) is 10.2. The fourth-order valence-corrected chi connectivity index (χ4v) is 6.09. The molecule has 1 atom stereocenters. The highest BCUT2D eigenvalue weighted by Gasteiger charge is 2.28. The van der Waals surface area contributed by atoms with Gasteiger partial charge < -0.3 is 5.32 Å². The molecule has 0 unspecified atom stereocenters. The average Bonchev–Trinajstić information content (AvgIpc) is 3.31. The molecule has 1 amide bonds. The number of rotatable bonds is 8. The van der Waals surface area contributed by atoms with Gasteiger partial charge in [0.2, 0.25) is 5.91 Å². The van der Waals surface area contributed by atoms with Crippen LogP contribution in [0.1, 0.15) is 41.6 Å². The Hall–Kier alpha value is -2.77. The molecule has 0 radical (unpaired) electrons. The molecule has 0 aliphatic heterocycles. The molecule has 0 bridgehead atoms. The smallest absolute Gasteiger partial charge is 0.264 e. The van der Waals surface area contributed by atoms with E-state index in [1.807, 2.05) is 32.2 Å². The highest BCUT2D eigenvalue weighted by molar-refractivity contribution is 7.98. The van der Waals surface area contributed by atoms with E-state index in [-0.39, 0.29) is 23.4 Å². The maximum absolute atomic E-state index is 13.6. The van der Waals surface area contributed by atoms with Gasteiger partial charge in [-0.05, 0) is 92.5 Å². The minimum atomic E-state index is -3.93. The third-order valence-electron chi connectivity index (χ3n) is 6.26. The highest BCUT2D eigenvalue weighted by atomic mass is 32.2. The molecule has 0 fully saturated rings. The predicted molar refractivity (Wildman–Crippen MR) is 139 cm³/mol. The largest absolute Gasteiger partial charge is 0.348 e. The molecule has 4 rings (SSSR count). The van der Waals surface area contributed by atoms with Crippen molar-refractivity contribution in [3.8, 4) is 0 Å². The fourth-order valence-electron chi connectivity index (χ4n) is 4.26. The van der Waals surface area contributed by atoms with Crippen LogP contribution in [0.3, 0.4) is 0 Å². The summed E-state index contributed by atoms with van der Waals surface area (Å²) in [5, 5.41) is 2.99. The summed E-state index contributed by atoms with van der Waals surface area (Å²) in [6.07, 6.45) is 5.28. The number of anilines is 1. The summed E-state index contributed by atoms with van der Waals surface area (Å²) >= 11 is 1.54. The van der Waals surface area contributed by atoms with Crippen LogP contribution in [0.5, 0.6) is 0 Å². The number of nitrogens with zero attached hydrogens (tertiary/aromatic N) is 1. The van der Waals surface area contributed by atoms with E-state index in [2.05, 4.69) is 23.5 Å². The van der Waals surface area contributed by atoms with E-state index in [1.54, 1.807) is 48.2 Å². The number of thioether (sulfide) groups is 1. The molecular weight excluding hydrogens is 464 g/mol. The molecule has 178 valence electrons. The molecule has 0 saturated carbocycles. The second-order valence-corrected chi connectivity index (χ2v) is 11.4. The summed E-state index contributed by atoms with van der Waals surface area (Å²) in [4.78, 5) is 14.2. The Labute approximate surface area is 206 Å². The first-order chi connectivity index (χ1) is 16.3. The third-order valence-corrected chi connectivity index (χ3v) is 8.79. The van der Waals surface area contributed by atoms with E-state index in [0.717, 1.165) is 28.9 Å². The minimum absolute atomic E-state index is 0.158. The first-order valence-electron chi connectivity index (χ1n) is 11.4. The van der Waals surface area contributed by atoms with Crippen LogP contribution in [0.25, 0.3) is 0 Å². The molecule has 5 nitrogen and oxygen atoms in total. The van der Waals surface area contributed by atoms with Gasteiger partial charge in [-0.1, -0.05) is 35.9 Å². The minimum Gasteiger partial charge on any atom is -0.348 e. The van der Waals surface area contributed by atoms with Gasteiger partial charge in [0.1, 0.15) is 6.54 Å². The number of benzene rings is 3. The van der Waals surface area contributed by atoms with Crippen molar-refractivity contribution in [2.24, 2.45) is 0 Å². The summed E-state index contributed by atoms with van der Waals surface area (Å²) in [7, 11) is -3.93. The highest BCUT2D eigenvalue weighted by Crippen LogP contribution is 2.27. The second-order valence-electron chi connectivity index (χ2n) is 8.69. The molecule has 0 saturated heterocycles. The van der Waals surface area contributed by atoms with Gasteiger partial charge in [0.15, 0.2) is 0 Å². The van der Waals surface area contributed by atoms with Gasteiger partial charge in [0.05, 0.1) is 16.6 Å². The van der Waals surface area contributed by atoms with E-state index >= 15 is 0 Å². The monoisotopic (exact) mass is 494 g/mol. The van der Waals surface area contributed by atoms with E-state index in [1.165, 1.54) is 21.9 Å². The van der Waals surface area contributed by atoms with Crippen molar-refractivity contribution in [3.63, 3.8) is 0 Å². The molecule has 3 aromatic carbocycles. The number of fused-ring (bicyclic) bond motifs is 1. The van der Waals surface area contributed by atoms with Gasteiger partial charge >= 0.3 is 0 Å². The van der Waals surface area contributed by atoms with Gasteiger partial charge in [0.25, 0.3) is 10.0 Å². The van der Waals surface area contributed by atoms with E-state index in [4.69, 9.17) is 0 Å². The number of carbonyl (C=O) groups excluding carboxylic acids is 1. The molecule has 34 heavy (non-hydrogen) atoms. The number of sulfonamides is 1. The fraction of sp³-hybridized carbons (Fsp3) is 0.296. The van der Waals surface area contributed by atoms with Crippen LogP contribution in [-0.2, 0) is 27.7 Å². The molecule has 0 aromatic heterocycles. The van der Waals surface area contributed by atoms with Crippen LogP contribution in [0, 0.1) is 6.92 Å². The lowest BCUT2D eigenvalue weighted by Gasteiger charge is -2.25. The Kier molecular flexibility index (Phi) is 7.33. The SMILES string of the molecule is CSc1ccc(S(=O)(=O)N(CC(=O)N[C@H](C)c2ccc3c(c2)CCC3)c2ccc(C)cc2)cc1. The molecule has 7 heteroatoms. The zero-order valence-corrected chi connectivity index (χ0v) is 21.4. The summed E-state index contributed by atoms with van der Waals surface area (Å²) in [5.41, 5.74) is 5.23. The number of nitrogens with one attached hydrogen (secondary N) is 1. The maximum atomic E-state index is 13.6. The van der Waals surface area contributed by atoms with Crippen molar-refractivity contribution < 1.29 is 13.2 Å². The van der Waals surface area contributed by atoms with E-state index < -0.39 is 10.0 Å². The van der Waals surface area contributed by atoms with Crippen LogP contribution in [-0.4, -0.2) is 27.1 Å². The first-order valence-corrected chi connectivity index (χ1v) is 14.1. The first kappa shape index (κ1) is 24.4. The Morgan fingerprint density at radius 3 is 2.35 bits per heavy atom. The number of hydrogen-bond donors (Lipinski definition) is 1. The van der Waals surface area contributed by atoms with Crippen LogP contribution in [0.2, 0.25) is 0 Å². The Morgan fingerprint density at radius 1 is 1.00 bits per heavy atom. The van der Waals surface area contributed by atoms with Crippen molar-refractivity contribution in [2.75, 3.05) is 17.1 Å². The summed E-state index contributed by atoms with van der Waals surface area (Å²) in [6.45, 7) is 3.57. The molecule has 0 spiro atoms. The van der Waals surface area contributed by atoms with Gasteiger partial charge in [-0.2, -0.15) is 0 Å². The van der Waals surface area contributed by atoms with Crippen LogP contribution in [0.4, 0.5) is 5.69 Å². The van der Waals surface area contributed by atoms with Crippen LogP contribution < -0.4 is 9.62 Å². The maximum Gasteiger partial charge on any atom is 0.264 e. The van der Waals surface area contributed by atoms with Crippen molar-refractivity contribution in [1.82, 2.24) is 5.32 Å². The number of amides is 1. The summed E-state index contributed by atoms with van der Waals surface area (Å²) in [5.74, 6) is -0.349. The van der Waals surface area contributed by atoms with Gasteiger partial charge in [-0.3, -0.25) is 9.10 Å². The van der Waals surface area contributed by atoms with Gasteiger partial charge in [0, 0.05) is 4.90 Å². The van der Waals surface area contributed by atoms with Crippen molar-refractivity contribution in [2.45, 2.75) is 48.9 Å². The lowest BCUT2D eigenvalue weighted by Crippen LogP contribution is -2.41. The van der Waals surface area contributed by atoms with E-state index in [9.17, 15) is 13.2 Å². The molecular formula is C27H30N2O3S2. The van der Waals surface area contributed by atoms with Crippen molar-refractivity contribution in [1.29, 1.82) is 0 Å². The van der Waals surface area contributed by atoms with Gasteiger partial charge in [-0.15, -0.1) is 11.8 Å². The molecule has 1 aliphatic carbocycles. The lowest BCUT2D eigenvalue weighted by molar-refractivity contribution is -0.120. The molecule has 1 N–H and O–H groups in total. The Balaban J connectivity index is 1.57. The van der Waals surface area contributed by atoms with Crippen molar-refractivity contribution >= 4 is 33.4 Å². The number of carbonyl (C=O) groups is 1. The topological polar surface area (TPSA) is 66.5 Å². The number of aryl methyl sites for hydroxylation is 3. The summed E-state index contributed by atoms with van der Waals surface area (Å²) < 4.78 is 28.3. The average molecular weight is 495 g/mol. The Morgan fingerprint density at radius 2 is 1.68 bits per heavy atom. The standard InChI is InChI=1S/C27H30N2O3S2/c1-19-7-11-24(12-8-19)29(34(31,32)26-15-13-25(33-3)14-16-26)18-27(30)28-20(2)22-10-9-21-5-4-6-23(21)17-22/h7-17,20H,4-6,18H2,1-3H3,(H,28,30)/t20-/m1/s1. The van der Waals surface area contributed by atoms with Crippen molar-refractivity contribution in [3.05, 3.63) is 89.0 Å². The van der Waals surface area contributed by atoms with E-state index in [0.29, 0.717) is 5.69 Å². The zero-order chi connectivity index (χ0) is 24.3. The lowest BCUT2D eigenvalue weighted by atomic mass is 10.0. The molecule has 0 heterocycles. The van der Waals surface area contributed by atoms with Gasteiger partial charge in [-0.25, -0.2) is 8.42 Å². The van der Waals surface area contributed by atoms with Crippen LogP contribution >= 0.6 is 11.8 Å². The quantitative estimate of drug-likeness (QED) is 0.433. The third kappa shape index (κ3) is 5.31. The van der Waals surface area contributed by atoms with Crippen LogP contribution in [0.15, 0.2) is 76.5 Å². The normalized spacial score (nSPS) is 13.9. The molecule has 1 aliphatic rings. The molecule has 3 aromatic rings. The zero-order valence-electron chi connectivity index (χ0n) is 19.7. The number of hydrogen-bond acceptors (Lipinski definition) is 4. The Bertz CT molecular complexity index is 1270. The summed E-state index contributed by atoms with van der Waals surface area (Å²) in [6, 6.07) is 20.0. The predicted octanol–water partition coefficient (Wildman–Crippen LogP) is 5.28.